The summed E-state index contributed by atoms with van der Waals surface area (Å²) in [5.74, 6) is -0.251. The second-order valence-corrected chi connectivity index (χ2v) is 5.21. The third kappa shape index (κ3) is 3.49. The topological polar surface area (TPSA) is 87.5 Å². The van der Waals surface area contributed by atoms with Crippen LogP contribution in [0.3, 0.4) is 0 Å². The largest absolute Gasteiger partial charge is 0.367 e. The first kappa shape index (κ1) is 15.2. The lowest BCUT2D eigenvalue weighted by molar-refractivity contribution is -0.384. The molecule has 1 atom stereocenters. The summed E-state index contributed by atoms with van der Waals surface area (Å²) in [6.45, 7) is 1.66. The highest BCUT2D eigenvalue weighted by Gasteiger charge is 2.22. The van der Waals surface area contributed by atoms with Gasteiger partial charge in [-0.2, -0.15) is 0 Å². The van der Waals surface area contributed by atoms with Crippen LogP contribution in [0, 0.1) is 10.1 Å². The van der Waals surface area contributed by atoms with Crippen LogP contribution in [-0.4, -0.2) is 44.1 Å². The van der Waals surface area contributed by atoms with E-state index in [4.69, 9.17) is 0 Å². The van der Waals surface area contributed by atoms with Crippen LogP contribution < -0.4 is 15.5 Å². The van der Waals surface area contributed by atoms with E-state index in [0.29, 0.717) is 23.8 Å². The van der Waals surface area contributed by atoms with E-state index in [2.05, 4.69) is 10.6 Å². The Morgan fingerprint density at radius 2 is 2.33 bits per heavy atom. The Morgan fingerprint density at radius 1 is 1.57 bits per heavy atom. The first-order chi connectivity index (χ1) is 10.0. The van der Waals surface area contributed by atoms with Gasteiger partial charge in [0.1, 0.15) is 5.69 Å². The van der Waals surface area contributed by atoms with E-state index in [1.807, 2.05) is 11.9 Å². The highest BCUT2D eigenvalue weighted by Crippen LogP contribution is 2.29. The molecular weight excluding hydrogens is 272 g/mol. The van der Waals surface area contributed by atoms with Crippen molar-refractivity contribution in [2.75, 3.05) is 32.1 Å². The van der Waals surface area contributed by atoms with Crippen molar-refractivity contribution in [3.63, 3.8) is 0 Å². The van der Waals surface area contributed by atoms with Gasteiger partial charge in [0.25, 0.3) is 11.6 Å². The second-order valence-electron chi connectivity index (χ2n) is 5.21. The molecule has 0 aliphatic carbocycles. The van der Waals surface area contributed by atoms with Crippen LogP contribution >= 0.6 is 0 Å². The maximum atomic E-state index is 11.7. The smallest absolute Gasteiger partial charge is 0.292 e. The van der Waals surface area contributed by atoms with E-state index in [1.165, 1.54) is 19.2 Å². The maximum Gasteiger partial charge on any atom is 0.292 e. The molecule has 1 aliphatic heterocycles. The van der Waals surface area contributed by atoms with Gasteiger partial charge in [0.05, 0.1) is 4.92 Å². The third-order valence-corrected chi connectivity index (χ3v) is 3.73. The minimum atomic E-state index is -0.415. The predicted octanol–water partition coefficient (Wildman–Crippen LogP) is 1.14. The summed E-state index contributed by atoms with van der Waals surface area (Å²) < 4.78 is 0. The van der Waals surface area contributed by atoms with E-state index in [9.17, 15) is 14.9 Å². The zero-order valence-corrected chi connectivity index (χ0v) is 12.3. The molecule has 1 heterocycles. The fourth-order valence-corrected chi connectivity index (χ4v) is 2.61. The molecular formula is C14H20N4O3. The monoisotopic (exact) mass is 292 g/mol. The van der Waals surface area contributed by atoms with Gasteiger partial charge in [0.2, 0.25) is 0 Å². The van der Waals surface area contributed by atoms with Crippen molar-refractivity contribution in [1.82, 2.24) is 10.6 Å². The van der Waals surface area contributed by atoms with Gasteiger partial charge in [-0.15, -0.1) is 0 Å². The molecule has 0 radical (unpaired) electrons. The molecule has 2 rings (SSSR count). The summed E-state index contributed by atoms with van der Waals surface area (Å²) >= 11 is 0. The number of nitro groups is 1. The number of carbonyl (C=O) groups excluding carboxylic acids is 1. The molecule has 7 nitrogen and oxygen atoms in total. The van der Waals surface area contributed by atoms with Crippen LogP contribution in [0.1, 0.15) is 23.2 Å². The van der Waals surface area contributed by atoms with Crippen molar-refractivity contribution in [3.05, 3.63) is 33.9 Å². The van der Waals surface area contributed by atoms with Crippen molar-refractivity contribution in [2.45, 2.75) is 18.9 Å². The van der Waals surface area contributed by atoms with E-state index < -0.39 is 4.92 Å². The predicted molar refractivity (Wildman–Crippen MR) is 80.8 cm³/mol. The Labute approximate surface area is 123 Å². The molecule has 1 aliphatic rings. The first-order valence-corrected chi connectivity index (χ1v) is 6.98. The van der Waals surface area contributed by atoms with Crippen molar-refractivity contribution in [3.8, 4) is 0 Å². The zero-order valence-electron chi connectivity index (χ0n) is 12.3. The van der Waals surface area contributed by atoms with Gasteiger partial charge in [-0.05, 0) is 31.5 Å². The quantitative estimate of drug-likeness (QED) is 0.628. The summed E-state index contributed by atoms with van der Waals surface area (Å²) in [6, 6.07) is 4.77. The molecule has 0 bridgehead atoms. The molecule has 21 heavy (non-hydrogen) atoms. The van der Waals surface area contributed by atoms with Crippen LogP contribution in [-0.2, 0) is 0 Å². The van der Waals surface area contributed by atoms with Crippen LogP contribution in [0.2, 0.25) is 0 Å². The summed E-state index contributed by atoms with van der Waals surface area (Å²) in [5.41, 5.74) is 0.905. The van der Waals surface area contributed by atoms with Gasteiger partial charge in [-0.1, -0.05) is 0 Å². The molecule has 0 aromatic heterocycles. The summed E-state index contributed by atoms with van der Waals surface area (Å²) in [7, 11) is 3.35. The zero-order chi connectivity index (χ0) is 15.4. The molecule has 114 valence electrons. The molecule has 1 unspecified atom stereocenters. The number of hydrogen-bond donors (Lipinski definition) is 2. The van der Waals surface area contributed by atoms with Crippen molar-refractivity contribution in [1.29, 1.82) is 0 Å². The van der Waals surface area contributed by atoms with Crippen LogP contribution in [0.4, 0.5) is 11.4 Å². The number of benzene rings is 1. The highest BCUT2D eigenvalue weighted by atomic mass is 16.6. The lowest BCUT2D eigenvalue weighted by Crippen LogP contribution is -2.35. The van der Waals surface area contributed by atoms with Gasteiger partial charge in [0, 0.05) is 38.3 Å². The minimum absolute atomic E-state index is 0.0168. The number of amides is 1. The van der Waals surface area contributed by atoms with Gasteiger partial charge in [0.15, 0.2) is 0 Å². The van der Waals surface area contributed by atoms with Crippen LogP contribution in [0.15, 0.2) is 18.2 Å². The van der Waals surface area contributed by atoms with Crippen LogP contribution in [0.25, 0.3) is 0 Å². The standard InChI is InChI=1S/C14H20N4O3/c1-15-14(19)10-5-6-12(18(20)21)13(8-10)17(2)9-11-4-3-7-16-11/h5-6,8,11,16H,3-4,7,9H2,1-2H3,(H,15,19). The summed E-state index contributed by atoms with van der Waals surface area (Å²) in [5, 5.41) is 17.1. The fourth-order valence-electron chi connectivity index (χ4n) is 2.61. The molecule has 2 N–H and O–H groups in total. The Kier molecular flexibility index (Phi) is 4.74. The normalized spacial score (nSPS) is 17.5. The van der Waals surface area contributed by atoms with Gasteiger partial charge in [-0.3, -0.25) is 14.9 Å². The summed E-state index contributed by atoms with van der Waals surface area (Å²) in [4.78, 5) is 24.3. The number of nitro benzene ring substituents is 1. The second kappa shape index (κ2) is 6.53. The van der Waals surface area contributed by atoms with Gasteiger partial charge >= 0.3 is 0 Å². The van der Waals surface area contributed by atoms with Crippen LogP contribution in [0.5, 0.6) is 0 Å². The third-order valence-electron chi connectivity index (χ3n) is 3.73. The number of nitrogens with one attached hydrogen (secondary N) is 2. The Morgan fingerprint density at radius 3 is 2.90 bits per heavy atom. The molecule has 0 spiro atoms. The number of likely N-dealkylation sites (N-methyl/N-ethyl adjacent to an activating group) is 1. The molecule has 1 aromatic carbocycles. The Balaban J connectivity index is 2.28. The van der Waals surface area contributed by atoms with Gasteiger partial charge < -0.3 is 15.5 Å². The van der Waals surface area contributed by atoms with E-state index in [0.717, 1.165) is 19.4 Å². The number of carbonyl (C=O) groups is 1. The molecule has 7 heteroatoms. The molecule has 1 fully saturated rings. The fraction of sp³-hybridized carbons (Fsp3) is 0.500. The van der Waals surface area contributed by atoms with E-state index >= 15 is 0 Å². The SMILES string of the molecule is CNC(=O)c1ccc([N+](=O)[O-])c(N(C)CC2CCCN2)c1. The highest BCUT2D eigenvalue weighted by molar-refractivity contribution is 5.95. The molecule has 1 saturated heterocycles. The van der Waals surface area contributed by atoms with Crippen molar-refractivity contribution in [2.24, 2.45) is 0 Å². The number of hydrogen-bond acceptors (Lipinski definition) is 5. The lowest BCUT2D eigenvalue weighted by atomic mass is 10.1. The number of anilines is 1. The maximum absolute atomic E-state index is 11.7. The lowest BCUT2D eigenvalue weighted by Gasteiger charge is -2.23. The van der Waals surface area contributed by atoms with E-state index in [1.54, 1.807) is 6.07 Å². The first-order valence-electron chi connectivity index (χ1n) is 6.98. The van der Waals surface area contributed by atoms with Gasteiger partial charge in [-0.25, -0.2) is 0 Å². The average Bonchev–Trinajstić information content (AvgIpc) is 2.98. The Bertz CT molecular complexity index is 541. The van der Waals surface area contributed by atoms with E-state index in [-0.39, 0.29) is 11.6 Å². The molecule has 0 saturated carbocycles. The molecule has 1 aromatic rings. The number of rotatable bonds is 5. The summed E-state index contributed by atoms with van der Waals surface area (Å²) in [6.07, 6.45) is 2.19. The van der Waals surface area contributed by atoms with Crippen molar-refractivity contribution >= 4 is 17.3 Å². The Hall–Kier alpha value is -2.15. The number of nitrogens with zero attached hydrogens (tertiary/aromatic N) is 2. The minimum Gasteiger partial charge on any atom is -0.367 e. The average molecular weight is 292 g/mol. The van der Waals surface area contributed by atoms with Crippen molar-refractivity contribution < 1.29 is 9.72 Å². The molecule has 1 amide bonds.